The highest BCUT2D eigenvalue weighted by molar-refractivity contribution is 4.92. The summed E-state index contributed by atoms with van der Waals surface area (Å²) in [4.78, 5) is 2.77. The van der Waals surface area contributed by atoms with E-state index in [4.69, 9.17) is 4.74 Å². The first-order valence-corrected chi connectivity index (χ1v) is 7.09. The molecule has 0 N–H and O–H groups in total. The summed E-state index contributed by atoms with van der Waals surface area (Å²) in [5.41, 5.74) is 0.610. The van der Waals surface area contributed by atoms with E-state index in [0.29, 0.717) is 5.41 Å². The molecule has 2 nitrogen and oxygen atoms in total. The topological polar surface area (TPSA) is 12.5 Å². The van der Waals surface area contributed by atoms with Crippen molar-refractivity contribution in [2.24, 2.45) is 11.3 Å². The molecule has 0 atom stereocenters. The maximum Gasteiger partial charge on any atom is 0.0545 e. The van der Waals surface area contributed by atoms with Crippen molar-refractivity contribution in [3.63, 3.8) is 0 Å². The van der Waals surface area contributed by atoms with Crippen molar-refractivity contribution in [1.29, 1.82) is 0 Å². The van der Waals surface area contributed by atoms with Crippen molar-refractivity contribution < 1.29 is 4.74 Å². The predicted octanol–water partition coefficient (Wildman–Crippen LogP) is 2.68. The van der Waals surface area contributed by atoms with E-state index in [0.717, 1.165) is 25.2 Å². The number of likely N-dealkylation sites (tertiary alicyclic amines) is 1. The van der Waals surface area contributed by atoms with Gasteiger partial charge in [0.1, 0.15) is 0 Å². The van der Waals surface area contributed by atoms with E-state index < -0.39 is 0 Å². The zero-order valence-corrected chi connectivity index (χ0v) is 10.6. The van der Waals surface area contributed by atoms with Gasteiger partial charge in [-0.25, -0.2) is 0 Å². The van der Waals surface area contributed by atoms with Crippen molar-refractivity contribution in [3.05, 3.63) is 0 Å². The van der Waals surface area contributed by atoms with E-state index in [1.807, 2.05) is 0 Å². The summed E-state index contributed by atoms with van der Waals surface area (Å²) < 4.78 is 5.39. The average molecular weight is 223 g/mol. The molecule has 0 bridgehead atoms. The lowest BCUT2D eigenvalue weighted by atomic mass is 9.75. The molecule has 0 amide bonds. The molecule has 2 heteroatoms. The van der Waals surface area contributed by atoms with E-state index in [1.54, 1.807) is 0 Å². The Morgan fingerprint density at radius 2 is 1.62 bits per heavy atom. The monoisotopic (exact) mass is 223 g/mol. The van der Waals surface area contributed by atoms with Crippen molar-refractivity contribution in [1.82, 2.24) is 4.90 Å². The first kappa shape index (κ1) is 11.0. The fourth-order valence-electron chi connectivity index (χ4n) is 3.65. The number of rotatable bonds is 1. The van der Waals surface area contributed by atoms with Crippen LogP contribution in [0.15, 0.2) is 0 Å². The van der Waals surface area contributed by atoms with E-state index in [-0.39, 0.29) is 0 Å². The lowest BCUT2D eigenvalue weighted by Crippen LogP contribution is -2.53. The van der Waals surface area contributed by atoms with Crippen LogP contribution in [0.3, 0.4) is 0 Å². The average Bonchev–Trinajstić information content (AvgIpc) is 2.28. The second kappa shape index (κ2) is 4.30. The number of piperidine rings is 1. The molecule has 1 saturated carbocycles. The lowest BCUT2D eigenvalue weighted by Gasteiger charge is -2.49. The number of hydrogen-bond acceptors (Lipinski definition) is 2. The van der Waals surface area contributed by atoms with Gasteiger partial charge >= 0.3 is 0 Å². The van der Waals surface area contributed by atoms with E-state index >= 15 is 0 Å². The third kappa shape index (κ3) is 2.02. The van der Waals surface area contributed by atoms with Gasteiger partial charge < -0.3 is 9.64 Å². The first-order chi connectivity index (χ1) is 7.77. The summed E-state index contributed by atoms with van der Waals surface area (Å²) in [6.45, 7) is 7.17. The molecule has 0 unspecified atom stereocenters. The van der Waals surface area contributed by atoms with Gasteiger partial charge in [0.05, 0.1) is 13.2 Å². The summed E-state index contributed by atoms with van der Waals surface area (Å²) >= 11 is 0. The minimum Gasteiger partial charge on any atom is -0.380 e. The summed E-state index contributed by atoms with van der Waals surface area (Å²) in [5.74, 6) is 0.979. The van der Waals surface area contributed by atoms with Crippen LogP contribution in [0.5, 0.6) is 0 Å². The fourth-order valence-corrected chi connectivity index (χ4v) is 3.65. The van der Waals surface area contributed by atoms with Gasteiger partial charge in [-0.15, -0.1) is 0 Å². The Kier molecular flexibility index (Phi) is 2.97. The molecule has 2 aliphatic heterocycles. The zero-order valence-electron chi connectivity index (χ0n) is 10.6. The smallest absolute Gasteiger partial charge is 0.0545 e. The largest absolute Gasteiger partial charge is 0.380 e. The van der Waals surface area contributed by atoms with Gasteiger partial charge in [0.2, 0.25) is 0 Å². The van der Waals surface area contributed by atoms with Crippen LogP contribution < -0.4 is 0 Å². The third-order valence-electron chi connectivity index (χ3n) is 5.18. The van der Waals surface area contributed by atoms with Crippen LogP contribution in [-0.2, 0) is 4.74 Å². The van der Waals surface area contributed by atoms with Gasteiger partial charge in [-0.1, -0.05) is 6.92 Å². The maximum absolute atomic E-state index is 5.39. The summed E-state index contributed by atoms with van der Waals surface area (Å²) in [5, 5.41) is 0. The molecule has 3 rings (SSSR count). The van der Waals surface area contributed by atoms with Gasteiger partial charge in [-0.2, -0.15) is 0 Å². The molecule has 1 spiro atoms. The van der Waals surface area contributed by atoms with Crippen LogP contribution in [0.25, 0.3) is 0 Å². The van der Waals surface area contributed by atoms with E-state index in [9.17, 15) is 0 Å². The van der Waals surface area contributed by atoms with Crippen molar-refractivity contribution in [3.8, 4) is 0 Å². The van der Waals surface area contributed by atoms with Crippen LogP contribution in [0.2, 0.25) is 0 Å². The Bertz CT molecular complexity index is 231. The van der Waals surface area contributed by atoms with Crippen LogP contribution in [0, 0.1) is 11.3 Å². The number of ether oxygens (including phenoxy) is 1. The molecule has 16 heavy (non-hydrogen) atoms. The number of hydrogen-bond donors (Lipinski definition) is 0. The molecule has 1 aliphatic carbocycles. The van der Waals surface area contributed by atoms with E-state index in [2.05, 4.69) is 11.8 Å². The second-order valence-corrected chi connectivity index (χ2v) is 6.44. The molecule has 2 heterocycles. The Hall–Kier alpha value is -0.0800. The van der Waals surface area contributed by atoms with Crippen LogP contribution in [0.4, 0.5) is 0 Å². The van der Waals surface area contributed by atoms with Gasteiger partial charge in [-0.3, -0.25) is 0 Å². The molecule has 92 valence electrons. The minimum atomic E-state index is 0.610. The van der Waals surface area contributed by atoms with Crippen LogP contribution in [0.1, 0.15) is 45.4 Å². The SMILES string of the molecule is CC1CCC(N2CCC3(CC2)COC3)CC1. The predicted molar refractivity (Wildman–Crippen MR) is 65.5 cm³/mol. The highest BCUT2D eigenvalue weighted by Crippen LogP contribution is 2.40. The van der Waals surface area contributed by atoms with Crippen LogP contribution >= 0.6 is 0 Å². The zero-order chi connectivity index (χ0) is 11.0. The minimum absolute atomic E-state index is 0.610. The van der Waals surface area contributed by atoms with Crippen molar-refractivity contribution in [2.45, 2.75) is 51.5 Å². The fraction of sp³-hybridized carbons (Fsp3) is 1.00. The molecule has 3 aliphatic rings. The Morgan fingerprint density at radius 3 is 2.12 bits per heavy atom. The number of nitrogens with zero attached hydrogens (tertiary/aromatic N) is 1. The lowest BCUT2D eigenvalue weighted by molar-refractivity contribution is -0.143. The summed E-state index contributed by atoms with van der Waals surface area (Å²) in [7, 11) is 0. The molecule has 0 aromatic carbocycles. The Balaban J connectivity index is 1.50. The second-order valence-electron chi connectivity index (χ2n) is 6.44. The highest BCUT2D eigenvalue weighted by atomic mass is 16.5. The maximum atomic E-state index is 5.39. The van der Waals surface area contributed by atoms with Gasteiger partial charge in [0.25, 0.3) is 0 Å². The third-order valence-corrected chi connectivity index (χ3v) is 5.18. The standard InChI is InChI=1S/C14H25NO/c1-12-2-4-13(5-3-12)15-8-6-14(7-9-15)10-16-11-14/h12-13H,2-11H2,1H3. The molecule has 0 aromatic heterocycles. The van der Waals surface area contributed by atoms with Gasteiger partial charge in [-0.05, 0) is 57.5 Å². The first-order valence-electron chi connectivity index (χ1n) is 7.09. The van der Waals surface area contributed by atoms with Crippen molar-refractivity contribution >= 4 is 0 Å². The normalized spacial score (nSPS) is 39.6. The summed E-state index contributed by atoms with van der Waals surface area (Å²) in [6, 6.07) is 0.912. The molecule has 3 fully saturated rings. The quantitative estimate of drug-likeness (QED) is 0.677. The highest BCUT2D eigenvalue weighted by Gasteiger charge is 2.42. The Labute approximate surface area is 99.3 Å². The molecule has 0 aromatic rings. The summed E-state index contributed by atoms with van der Waals surface area (Å²) in [6.07, 6.45) is 8.58. The van der Waals surface area contributed by atoms with Crippen LogP contribution in [-0.4, -0.2) is 37.2 Å². The molecule has 2 saturated heterocycles. The molecule has 0 radical (unpaired) electrons. The molecular weight excluding hydrogens is 198 g/mol. The van der Waals surface area contributed by atoms with Gasteiger partial charge in [0.15, 0.2) is 0 Å². The van der Waals surface area contributed by atoms with Crippen molar-refractivity contribution in [2.75, 3.05) is 26.3 Å². The van der Waals surface area contributed by atoms with E-state index in [1.165, 1.54) is 51.6 Å². The molecular formula is C14H25NO. The van der Waals surface area contributed by atoms with Gasteiger partial charge in [0, 0.05) is 11.5 Å². The Morgan fingerprint density at radius 1 is 1.00 bits per heavy atom.